The van der Waals surface area contributed by atoms with Crippen molar-refractivity contribution in [3.63, 3.8) is 0 Å². The van der Waals surface area contributed by atoms with Gasteiger partial charge in [0.2, 0.25) is 0 Å². The molecule has 15 heavy (non-hydrogen) atoms. The number of anilines is 1. The van der Waals surface area contributed by atoms with Crippen molar-refractivity contribution < 1.29 is 14.3 Å². The first kappa shape index (κ1) is 14.1. The third-order valence-electron chi connectivity index (χ3n) is 1.72. The first-order valence-electron chi connectivity index (χ1n) is 3.81. The van der Waals surface area contributed by atoms with Gasteiger partial charge in [0.05, 0.1) is 14.2 Å². The van der Waals surface area contributed by atoms with Crippen molar-refractivity contribution in [2.45, 2.75) is 0 Å². The molecular formula is C9H11BrClNO3. The van der Waals surface area contributed by atoms with Gasteiger partial charge in [-0.05, 0) is 22.0 Å². The maximum Gasteiger partial charge on any atom is 0.341 e. The van der Waals surface area contributed by atoms with Gasteiger partial charge in [-0.1, -0.05) is 0 Å². The highest BCUT2D eigenvalue weighted by molar-refractivity contribution is 9.10. The van der Waals surface area contributed by atoms with E-state index in [-0.39, 0.29) is 12.4 Å². The molecule has 4 nitrogen and oxygen atoms in total. The average molecular weight is 297 g/mol. The lowest BCUT2D eigenvalue weighted by Gasteiger charge is -2.08. The Morgan fingerprint density at radius 3 is 2.47 bits per heavy atom. The first-order valence-corrected chi connectivity index (χ1v) is 4.60. The molecule has 0 aromatic heterocycles. The molecule has 0 aliphatic heterocycles. The molecule has 0 atom stereocenters. The van der Waals surface area contributed by atoms with E-state index >= 15 is 0 Å². The fourth-order valence-corrected chi connectivity index (χ4v) is 1.35. The number of nitrogen functional groups attached to an aromatic ring is 1. The molecule has 0 bridgehead atoms. The van der Waals surface area contributed by atoms with Crippen LogP contribution in [-0.4, -0.2) is 20.2 Å². The largest absolute Gasteiger partial charge is 0.496 e. The van der Waals surface area contributed by atoms with Crippen LogP contribution < -0.4 is 10.5 Å². The minimum absolute atomic E-state index is 0. The maximum atomic E-state index is 11.3. The van der Waals surface area contributed by atoms with Gasteiger partial charge in [-0.2, -0.15) is 0 Å². The number of nitrogens with two attached hydrogens (primary N) is 1. The SMILES string of the molecule is COC(=O)c1cc(Br)c(N)cc1OC.Cl. The molecule has 84 valence electrons. The summed E-state index contributed by atoms with van der Waals surface area (Å²) in [5, 5.41) is 0. The van der Waals surface area contributed by atoms with E-state index in [0.717, 1.165) is 0 Å². The zero-order valence-electron chi connectivity index (χ0n) is 8.24. The number of benzene rings is 1. The molecule has 2 N–H and O–H groups in total. The molecule has 0 saturated heterocycles. The Balaban J connectivity index is 0.00000196. The van der Waals surface area contributed by atoms with Crippen molar-refractivity contribution in [1.82, 2.24) is 0 Å². The molecule has 0 radical (unpaired) electrons. The van der Waals surface area contributed by atoms with Crippen LogP contribution in [0.4, 0.5) is 5.69 Å². The van der Waals surface area contributed by atoms with E-state index in [4.69, 9.17) is 10.5 Å². The van der Waals surface area contributed by atoms with Crippen LogP contribution >= 0.6 is 28.3 Å². The second-order valence-electron chi connectivity index (χ2n) is 2.57. The molecule has 0 amide bonds. The van der Waals surface area contributed by atoms with Gasteiger partial charge in [0.1, 0.15) is 11.3 Å². The van der Waals surface area contributed by atoms with Crippen LogP contribution in [-0.2, 0) is 4.74 Å². The number of rotatable bonds is 2. The predicted octanol–water partition coefficient (Wildman–Crippen LogP) is 2.25. The van der Waals surface area contributed by atoms with Crippen molar-refractivity contribution >= 4 is 40.0 Å². The van der Waals surface area contributed by atoms with Crippen LogP contribution in [0.5, 0.6) is 5.75 Å². The number of methoxy groups -OCH3 is 2. The summed E-state index contributed by atoms with van der Waals surface area (Å²) < 4.78 is 10.2. The molecule has 0 unspecified atom stereocenters. The van der Waals surface area contributed by atoms with E-state index in [1.165, 1.54) is 14.2 Å². The van der Waals surface area contributed by atoms with Crippen LogP contribution in [0.3, 0.4) is 0 Å². The highest BCUT2D eigenvalue weighted by Crippen LogP contribution is 2.29. The van der Waals surface area contributed by atoms with Crippen LogP contribution in [0.25, 0.3) is 0 Å². The van der Waals surface area contributed by atoms with Gasteiger partial charge in [0.15, 0.2) is 0 Å². The Labute approximate surface area is 102 Å². The number of hydrogen-bond donors (Lipinski definition) is 1. The number of halogens is 2. The summed E-state index contributed by atoms with van der Waals surface area (Å²) in [6.07, 6.45) is 0. The van der Waals surface area contributed by atoms with Gasteiger partial charge in [-0.25, -0.2) is 4.79 Å². The third kappa shape index (κ3) is 3.00. The predicted molar refractivity (Wildman–Crippen MR) is 63.7 cm³/mol. The summed E-state index contributed by atoms with van der Waals surface area (Å²) in [5.74, 6) is -0.0555. The monoisotopic (exact) mass is 295 g/mol. The summed E-state index contributed by atoms with van der Waals surface area (Å²) in [6.45, 7) is 0. The normalized spacial score (nSPS) is 9.00. The van der Waals surface area contributed by atoms with E-state index in [1.54, 1.807) is 12.1 Å². The second-order valence-corrected chi connectivity index (χ2v) is 3.42. The molecule has 0 fully saturated rings. The highest BCUT2D eigenvalue weighted by Gasteiger charge is 2.14. The molecule has 6 heteroatoms. The lowest BCUT2D eigenvalue weighted by atomic mass is 10.2. The fourth-order valence-electron chi connectivity index (χ4n) is 1.01. The molecule has 0 aliphatic carbocycles. The third-order valence-corrected chi connectivity index (χ3v) is 2.41. The van der Waals surface area contributed by atoms with Crippen molar-refractivity contribution in [2.24, 2.45) is 0 Å². The average Bonchev–Trinajstić information content (AvgIpc) is 2.20. The maximum absolute atomic E-state index is 11.3. The van der Waals surface area contributed by atoms with Crippen molar-refractivity contribution in [3.8, 4) is 5.75 Å². The van der Waals surface area contributed by atoms with Gasteiger partial charge < -0.3 is 15.2 Å². The van der Waals surface area contributed by atoms with Crippen LogP contribution in [0.15, 0.2) is 16.6 Å². The summed E-state index contributed by atoms with van der Waals surface area (Å²) in [7, 11) is 2.78. The molecule has 1 rings (SSSR count). The summed E-state index contributed by atoms with van der Waals surface area (Å²) in [5.41, 5.74) is 6.48. The Kier molecular flexibility index (Phi) is 5.46. The molecule has 0 saturated carbocycles. The van der Waals surface area contributed by atoms with Crippen molar-refractivity contribution in [3.05, 3.63) is 22.2 Å². The molecule has 1 aromatic rings. The minimum atomic E-state index is -0.456. The topological polar surface area (TPSA) is 61.5 Å². The number of esters is 1. The standard InChI is InChI=1S/C9H10BrNO3.ClH/c1-13-8-4-7(11)6(10)3-5(8)9(12)14-2;/h3-4H,11H2,1-2H3;1H. The fraction of sp³-hybridized carbons (Fsp3) is 0.222. The molecular weight excluding hydrogens is 285 g/mol. The van der Waals surface area contributed by atoms with Gasteiger partial charge in [-0.3, -0.25) is 0 Å². The van der Waals surface area contributed by atoms with E-state index in [0.29, 0.717) is 21.5 Å². The molecule has 0 spiro atoms. The van der Waals surface area contributed by atoms with E-state index in [9.17, 15) is 4.79 Å². The molecule has 1 aromatic carbocycles. The van der Waals surface area contributed by atoms with Gasteiger partial charge in [-0.15, -0.1) is 12.4 Å². The van der Waals surface area contributed by atoms with Crippen LogP contribution in [0, 0.1) is 0 Å². The quantitative estimate of drug-likeness (QED) is 0.671. The zero-order valence-corrected chi connectivity index (χ0v) is 10.6. The van der Waals surface area contributed by atoms with Crippen molar-refractivity contribution in [1.29, 1.82) is 0 Å². The van der Waals surface area contributed by atoms with E-state index in [2.05, 4.69) is 20.7 Å². The Bertz CT molecular complexity index is 371. The van der Waals surface area contributed by atoms with Gasteiger partial charge in [0, 0.05) is 16.2 Å². The zero-order chi connectivity index (χ0) is 10.7. The Morgan fingerprint density at radius 2 is 2.00 bits per heavy atom. The smallest absolute Gasteiger partial charge is 0.341 e. The van der Waals surface area contributed by atoms with Crippen LogP contribution in [0.2, 0.25) is 0 Å². The first-order chi connectivity index (χ1) is 6.60. The summed E-state index contributed by atoms with van der Waals surface area (Å²) >= 11 is 3.22. The van der Waals surface area contributed by atoms with Gasteiger partial charge >= 0.3 is 5.97 Å². The van der Waals surface area contributed by atoms with Gasteiger partial charge in [0.25, 0.3) is 0 Å². The summed E-state index contributed by atoms with van der Waals surface area (Å²) in [4.78, 5) is 11.3. The lowest BCUT2D eigenvalue weighted by Crippen LogP contribution is -2.05. The molecule has 0 aliphatic rings. The highest BCUT2D eigenvalue weighted by atomic mass is 79.9. The Hall–Kier alpha value is -0.940. The number of carbonyl (C=O) groups is 1. The van der Waals surface area contributed by atoms with Crippen LogP contribution in [0.1, 0.15) is 10.4 Å². The number of ether oxygens (including phenoxy) is 2. The summed E-state index contributed by atoms with van der Waals surface area (Å²) in [6, 6.07) is 3.14. The number of hydrogen-bond acceptors (Lipinski definition) is 4. The van der Waals surface area contributed by atoms with E-state index in [1.807, 2.05) is 0 Å². The lowest BCUT2D eigenvalue weighted by molar-refractivity contribution is 0.0597. The number of carbonyl (C=O) groups excluding carboxylic acids is 1. The minimum Gasteiger partial charge on any atom is -0.496 e. The van der Waals surface area contributed by atoms with E-state index < -0.39 is 5.97 Å². The Morgan fingerprint density at radius 1 is 1.40 bits per heavy atom. The molecule has 0 heterocycles. The second kappa shape index (κ2) is 5.82. The van der Waals surface area contributed by atoms with Crippen molar-refractivity contribution in [2.75, 3.05) is 20.0 Å².